The first-order chi connectivity index (χ1) is 6.24. The molecule has 1 heterocycles. The van der Waals surface area contributed by atoms with Gasteiger partial charge in [-0.25, -0.2) is 0 Å². The highest BCUT2D eigenvalue weighted by Gasteiger charge is 2.35. The van der Waals surface area contributed by atoms with Crippen molar-refractivity contribution < 1.29 is 19.4 Å². The quantitative estimate of drug-likeness (QED) is 0.380. The fraction of sp³-hybridized carbons (Fsp3) is 0.667. The molecule has 1 fully saturated rings. The van der Waals surface area contributed by atoms with E-state index in [-0.39, 0.29) is 24.8 Å². The van der Waals surface area contributed by atoms with Gasteiger partial charge in [-0.15, -0.1) is 0 Å². The van der Waals surface area contributed by atoms with Crippen LogP contribution in [-0.4, -0.2) is 36.5 Å². The van der Waals surface area contributed by atoms with E-state index in [1.54, 1.807) is 6.08 Å². The van der Waals surface area contributed by atoms with Crippen LogP contribution >= 0.6 is 0 Å². The SMILES string of the molecule is CC(=O)OC/C=C\C1OC1CCO. The Bertz CT molecular complexity index is 200. The van der Waals surface area contributed by atoms with E-state index in [4.69, 9.17) is 9.84 Å². The first kappa shape index (κ1) is 10.2. The second-order valence-corrected chi connectivity index (χ2v) is 2.88. The summed E-state index contributed by atoms with van der Waals surface area (Å²) in [7, 11) is 0. The third-order valence-corrected chi connectivity index (χ3v) is 1.74. The van der Waals surface area contributed by atoms with Crippen molar-refractivity contribution in [2.75, 3.05) is 13.2 Å². The van der Waals surface area contributed by atoms with Gasteiger partial charge in [0.1, 0.15) is 12.7 Å². The minimum Gasteiger partial charge on any atom is -0.462 e. The Labute approximate surface area is 77.1 Å². The van der Waals surface area contributed by atoms with Crippen LogP contribution in [-0.2, 0) is 14.3 Å². The Hall–Kier alpha value is -0.870. The number of aliphatic hydroxyl groups is 1. The molecule has 1 N–H and O–H groups in total. The predicted octanol–water partition coefficient (Wildman–Crippen LogP) is 0.255. The molecule has 4 heteroatoms. The topological polar surface area (TPSA) is 59.1 Å². The first-order valence-electron chi connectivity index (χ1n) is 4.30. The highest BCUT2D eigenvalue weighted by Crippen LogP contribution is 2.25. The number of rotatable bonds is 5. The zero-order valence-electron chi connectivity index (χ0n) is 7.60. The van der Waals surface area contributed by atoms with E-state index in [9.17, 15) is 4.79 Å². The summed E-state index contributed by atoms with van der Waals surface area (Å²) in [6, 6.07) is 0. The van der Waals surface area contributed by atoms with E-state index in [2.05, 4.69) is 4.74 Å². The lowest BCUT2D eigenvalue weighted by Gasteiger charge is -1.93. The first-order valence-corrected chi connectivity index (χ1v) is 4.30. The molecule has 0 bridgehead atoms. The van der Waals surface area contributed by atoms with Gasteiger partial charge in [-0.1, -0.05) is 6.08 Å². The van der Waals surface area contributed by atoms with Crippen LogP contribution in [0.1, 0.15) is 13.3 Å². The Morgan fingerprint density at radius 1 is 1.69 bits per heavy atom. The number of ether oxygens (including phenoxy) is 2. The minimum atomic E-state index is -0.284. The molecular formula is C9H14O4. The number of carbonyl (C=O) groups is 1. The summed E-state index contributed by atoms with van der Waals surface area (Å²) in [5.41, 5.74) is 0. The monoisotopic (exact) mass is 186 g/mol. The van der Waals surface area contributed by atoms with Crippen LogP contribution in [0.25, 0.3) is 0 Å². The molecule has 0 saturated carbocycles. The van der Waals surface area contributed by atoms with Gasteiger partial charge in [-0.2, -0.15) is 0 Å². The van der Waals surface area contributed by atoms with Crippen LogP contribution in [0.5, 0.6) is 0 Å². The van der Waals surface area contributed by atoms with Crippen molar-refractivity contribution in [3.05, 3.63) is 12.2 Å². The molecule has 0 aromatic heterocycles. The van der Waals surface area contributed by atoms with Crippen molar-refractivity contribution in [1.29, 1.82) is 0 Å². The van der Waals surface area contributed by atoms with Crippen LogP contribution in [0.4, 0.5) is 0 Å². The summed E-state index contributed by atoms with van der Waals surface area (Å²) in [4.78, 5) is 10.4. The van der Waals surface area contributed by atoms with E-state index in [0.717, 1.165) is 0 Å². The third kappa shape index (κ3) is 4.05. The average Bonchev–Trinajstić information content (AvgIpc) is 2.78. The van der Waals surface area contributed by atoms with Crippen molar-refractivity contribution >= 4 is 5.97 Å². The molecule has 0 aliphatic carbocycles. The van der Waals surface area contributed by atoms with Gasteiger partial charge in [0.2, 0.25) is 0 Å². The largest absolute Gasteiger partial charge is 0.462 e. The van der Waals surface area contributed by atoms with Crippen LogP contribution < -0.4 is 0 Å². The second kappa shape index (κ2) is 4.99. The second-order valence-electron chi connectivity index (χ2n) is 2.88. The fourth-order valence-corrected chi connectivity index (χ4v) is 1.04. The summed E-state index contributed by atoms with van der Waals surface area (Å²) < 4.78 is 9.86. The maximum absolute atomic E-state index is 10.4. The van der Waals surface area contributed by atoms with E-state index < -0.39 is 0 Å². The molecule has 4 nitrogen and oxygen atoms in total. The van der Waals surface area contributed by atoms with Crippen LogP contribution in [0.2, 0.25) is 0 Å². The van der Waals surface area contributed by atoms with Gasteiger partial charge in [-0.3, -0.25) is 4.79 Å². The van der Waals surface area contributed by atoms with Crippen LogP contribution in [0.15, 0.2) is 12.2 Å². The Morgan fingerprint density at radius 2 is 2.46 bits per heavy atom. The molecular weight excluding hydrogens is 172 g/mol. The Morgan fingerprint density at radius 3 is 3.08 bits per heavy atom. The molecule has 0 aromatic rings. The van der Waals surface area contributed by atoms with Crippen LogP contribution in [0.3, 0.4) is 0 Å². The summed E-state index contributed by atoms with van der Waals surface area (Å²) in [6.45, 7) is 1.82. The number of hydrogen-bond donors (Lipinski definition) is 1. The molecule has 0 radical (unpaired) electrons. The van der Waals surface area contributed by atoms with Crippen molar-refractivity contribution in [2.24, 2.45) is 0 Å². The lowest BCUT2D eigenvalue weighted by Crippen LogP contribution is -1.98. The Kier molecular flexibility index (Phi) is 3.92. The van der Waals surface area contributed by atoms with E-state index >= 15 is 0 Å². The number of aliphatic hydroxyl groups excluding tert-OH is 1. The molecule has 2 unspecified atom stereocenters. The number of carbonyl (C=O) groups excluding carboxylic acids is 1. The molecule has 74 valence electrons. The van der Waals surface area contributed by atoms with Crippen molar-refractivity contribution in [2.45, 2.75) is 25.6 Å². The van der Waals surface area contributed by atoms with Gasteiger partial charge in [0.15, 0.2) is 0 Å². The standard InChI is InChI=1S/C9H14O4/c1-7(11)12-6-2-3-8-9(13-8)4-5-10/h2-3,8-10H,4-6H2,1H3/b3-2-. The lowest BCUT2D eigenvalue weighted by atomic mass is 10.2. The maximum atomic E-state index is 10.4. The normalized spacial score (nSPS) is 26.3. The van der Waals surface area contributed by atoms with Crippen molar-refractivity contribution in [3.8, 4) is 0 Å². The van der Waals surface area contributed by atoms with Crippen LogP contribution in [0, 0.1) is 0 Å². The summed E-state index contributed by atoms with van der Waals surface area (Å²) in [5, 5.41) is 8.57. The highest BCUT2D eigenvalue weighted by atomic mass is 16.6. The van der Waals surface area contributed by atoms with Crippen molar-refractivity contribution in [3.63, 3.8) is 0 Å². The summed E-state index contributed by atoms with van der Waals surface area (Å²) >= 11 is 0. The van der Waals surface area contributed by atoms with Crippen molar-refractivity contribution in [1.82, 2.24) is 0 Å². The molecule has 13 heavy (non-hydrogen) atoms. The predicted molar refractivity (Wildman–Crippen MR) is 46.1 cm³/mol. The average molecular weight is 186 g/mol. The van der Waals surface area contributed by atoms with Gasteiger partial charge in [-0.05, 0) is 12.5 Å². The molecule has 1 saturated heterocycles. The van der Waals surface area contributed by atoms with Gasteiger partial charge < -0.3 is 14.6 Å². The Balaban J connectivity index is 2.03. The number of epoxide rings is 1. The molecule has 1 rings (SSSR count). The lowest BCUT2D eigenvalue weighted by molar-refractivity contribution is -0.139. The summed E-state index contributed by atoms with van der Waals surface area (Å²) in [5.74, 6) is -0.284. The third-order valence-electron chi connectivity index (χ3n) is 1.74. The molecule has 0 spiro atoms. The zero-order valence-corrected chi connectivity index (χ0v) is 7.60. The van der Waals surface area contributed by atoms with Gasteiger partial charge >= 0.3 is 5.97 Å². The maximum Gasteiger partial charge on any atom is 0.302 e. The number of esters is 1. The molecule has 2 atom stereocenters. The molecule has 0 amide bonds. The highest BCUT2D eigenvalue weighted by molar-refractivity contribution is 5.65. The molecule has 0 aromatic carbocycles. The van der Waals surface area contributed by atoms with E-state index in [1.165, 1.54) is 6.92 Å². The fourth-order valence-electron chi connectivity index (χ4n) is 1.04. The summed E-state index contributed by atoms with van der Waals surface area (Å²) in [6.07, 6.45) is 4.52. The smallest absolute Gasteiger partial charge is 0.302 e. The van der Waals surface area contributed by atoms with E-state index in [0.29, 0.717) is 13.0 Å². The molecule has 1 aliphatic heterocycles. The number of hydrogen-bond acceptors (Lipinski definition) is 4. The zero-order chi connectivity index (χ0) is 9.68. The van der Waals surface area contributed by atoms with E-state index in [1.807, 2.05) is 6.08 Å². The molecule has 1 aliphatic rings. The minimum absolute atomic E-state index is 0.0997. The van der Waals surface area contributed by atoms with Gasteiger partial charge in [0.05, 0.1) is 6.10 Å². The van der Waals surface area contributed by atoms with Gasteiger partial charge in [0.25, 0.3) is 0 Å². The van der Waals surface area contributed by atoms with Gasteiger partial charge in [0, 0.05) is 13.5 Å².